The van der Waals surface area contributed by atoms with Crippen LogP contribution in [-0.2, 0) is 5.75 Å². The molecule has 0 aromatic heterocycles. The van der Waals surface area contributed by atoms with E-state index in [1.807, 2.05) is 11.8 Å². The summed E-state index contributed by atoms with van der Waals surface area (Å²) < 4.78 is 13.6. The Morgan fingerprint density at radius 1 is 0.864 bits per heavy atom. The Morgan fingerprint density at radius 3 is 1.82 bits per heavy atom. The quantitative estimate of drug-likeness (QED) is 0.297. The fourth-order valence-electron chi connectivity index (χ4n) is 3.03. The second-order valence-corrected chi connectivity index (χ2v) is 21.5. The van der Waals surface area contributed by atoms with Gasteiger partial charge in [-0.05, 0) is 0 Å². The van der Waals surface area contributed by atoms with E-state index in [2.05, 4.69) is 51.1 Å². The van der Waals surface area contributed by atoms with E-state index < -0.39 is 18.4 Å². The van der Waals surface area contributed by atoms with Crippen molar-refractivity contribution in [1.82, 2.24) is 0 Å². The zero-order valence-corrected chi connectivity index (χ0v) is 18.6. The van der Waals surface area contributed by atoms with Crippen molar-refractivity contribution in [1.29, 1.82) is 0 Å². The third-order valence-corrected chi connectivity index (χ3v) is 22.9. The monoisotopic (exact) mass is 429 g/mol. The van der Waals surface area contributed by atoms with Crippen molar-refractivity contribution in [3.05, 3.63) is 35.9 Å². The molecule has 0 spiro atoms. The van der Waals surface area contributed by atoms with Gasteiger partial charge in [0.25, 0.3) is 0 Å². The van der Waals surface area contributed by atoms with E-state index in [9.17, 15) is 0 Å². The second kappa shape index (κ2) is 12.8. The minimum atomic E-state index is -2.36. The van der Waals surface area contributed by atoms with Crippen LogP contribution >= 0.6 is 11.8 Å². The Bertz CT molecular complexity index is 374. The number of hydrogen-bond donors (Lipinski definition) is 0. The Balaban J connectivity index is 2.75. The van der Waals surface area contributed by atoms with Gasteiger partial charge < -0.3 is 0 Å². The van der Waals surface area contributed by atoms with Crippen molar-refractivity contribution in [3.8, 4) is 0 Å². The van der Waals surface area contributed by atoms with Crippen LogP contribution in [0.1, 0.15) is 66.2 Å². The van der Waals surface area contributed by atoms with E-state index in [1.54, 1.807) is 0 Å². The fourth-order valence-corrected chi connectivity index (χ4v) is 22.2. The van der Waals surface area contributed by atoms with Gasteiger partial charge in [-0.3, -0.25) is 0 Å². The van der Waals surface area contributed by atoms with Crippen molar-refractivity contribution in [2.24, 2.45) is 0 Å². The molecule has 22 heavy (non-hydrogen) atoms. The van der Waals surface area contributed by atoms with Crippen molar-refractivity contribution < 1.29 is 1.37 Å². The fraction of sp³-hybridized carbons (Fsp3) is 0.700. The summed E-state index contributed by atoms with van der Waals surface area (Å²) in [7, 11) is 0. The van der Waals surface area contributed by atoms with Gasteiger partial charge in [-0.25, -0.2) is 0 Å². The van der Waals surface area contributed by atoms with Crippen LogP contribution < -0.4 is 0 Å². The molecule has 0 aliphatic carbocycles. The first-order valence-corrected chi connectivity index (χ1v) is 18.0. The van der Waals surface area contributed by atoms with E-state index in [4.69, 9.17) is 1.37 Å². The number of thioether (sulfide) groups is 1. The van der Waals surface area contributed by atoms with E-state index in [0.717, 1.165) is 5.75 Å². The molecule has 1 rings (SSSR count). The molecule has 1 atom stereocenters. The molecule has 0 aliphatic heterocycles. The molecule has 0 aliphatic rings. The van der Waals surface area contributed by atoms with E-state index in [0.29, 0.717) is 0 Å². The first kappa shape index (κ1) is 18.7. The Kier molecular flexibility index (Phi) is 10.8. The predicted molar refractivity (Wildman–Crippen MR) is 108 cm³/mol. The van der Waals surface area contributed by atoms with Gasteiger partial charge in [0.1, 0.15) is 0 Å². The third kappa shape index (κ3) is 8.29. The summed E-state index contributed by atoms with van der Waals surface area (Å²) in [6, 6.07) is 10.7. The number of rotatable bonds is 13. The molecule has 0 saturated heterocycles. The van der Waals surface area contributed by atoms with Crippen LogP contribution in [0, 0.1) is 0 Å². The molecular weight excluding hydrogens is 391 g/mol. The molecule has 0 amide bonds. The van der Waals surface area contributed by atoms with E-state index >= 15 is 0 Å². The van der Waals surface area contributed by atoms with Gasteiger partial charge >= 0.3 is 150 Å². The van der Waals surface area contributed by atoms with Crippen LogP contribution in [0.2, 0.25) is 13.3 Å². The van der Waals surface area contributed by atoms with Crippen LogP contribution in [0.5, 0.6) is 0 Å². The zero-order valence-electron chi connectivity index (χ0n) is 15.9. The molecule has 0 bridgehead atoms. The van der Waals surface area contributed by atoms with Gasteiger partial charge in [-0.1, -0.05) is 0 Å². The minimum absolute atomic E-state index is 0.217. The standard InChI is InChI=1S/C8H9S.3C4H9.Sn/c1-9-7-8-5-3-2-4-6-8;3*1-3-4-2;/h2-6H,1,7H2;3*1,3-4H2,2H3;/i1D;;;;. The van der Waals surface area contributed by atoms with Crippen LogP contribution in [0.25, 0.3) is 0 Å². The zero-order chi connectivity index (χ0) is 17.0. The van der Waals surface area contributed by atoms with Gasteiger partial charge in [0.15, 0.2) is 0 Å². The summed E-state index contributed by atoms with van der Waals surface area (Å²) >= 11 is -0.414. The summed E-state index contributed by atoms with van der Waals surface area (Å²) in [5.74, 6) is 1.03. The number of hydrogen-bond acceptors (Lipinski definition) is 1. The maximum atomic E-state index is 9.02. The summed E-state index contributed by atoms with van der Waals surface area (Å²) in [5, 5.41) is 0. The first-order valence-electron chi connectivity index (χ1n) is 9.84. The molecule has 0 fully saturated rings. The van der Waals surface area contributed by atoms with Crippen LogP contribution in [0.15, 0.2) is 30.3 Å². The molecule has 1 aromatic carbocycles. The molecule has 126 valence electrons. The second-order valence-electron chi connectivity index (χ2n) is 6.59. The average Bonchev–Trinajstić information content (AvgIpc) is 2.60. The number of benzene rings is 1. The molecule has 0 heterocycles. The van der Waals surface area contributed by atoms with Gasteiger partial charge in [-0.2, -0.15) is 0 Å². The normalized spacial score (nSPS) is 13.9. The molecule has 0 nitrogen and oxygen atoms in total. The van der Waals surface area contributed by atoms with Crippen LogP contribution in [0.3, 0.4) is 0 Å². The summed E-state index contributed by atoms with van der Waals surface area (Å²) in [6.07, 6.45) is 7.99. The van der Waals surface area contributed by atoms with Crippen molar-refractivity contribution in [2.75, 3.05) is 3.74 Å². The maximum absolute atomic E-state index is 9.02. The Labute approximate surface area is 149 Å². The average molecular weight is 428 g/mol. The molecule has 0 N–H and O–H groups in total. The van der Waals surface area contributed by atoms with Crippen molar-refractivity contribution in [2.45, 2.75) is 78.4 Å². The predicted octanol–water partition coefficient (Wildman–Crippen LogP) is 7.31. The Morgan fingerprint density at radius 2 is 1.36 bits per heavy atom. The van der Waals surface area contributed by atoms with Crippen LogP contribution in [-0.4, -0.2) is 22.1 Å². The molecule has 0 radical (unpaired) electrons. The van der Waals surface area contributed by atoms with Gasteiger partial charge in [0.2, 0.25) is 0 Å². The Hall–Kier alpha value is 0.369. The summed E-state index contributed by atoms with van der Waals surface area (Å²) in [4.78, 5) is 0. The van der Waals surface area contributed by atoms with Gasteiger partial charge in [0.05, 0.1) is 0 Å². The number of unbranched alkanes of at least 4 members (excludes halogenated alkanes) is 3. The first-order chi connectivity index (χ1) is 11.2. The van der Waals surface area contributed by atoms with Crippen molar-refractivity contribution in [3.63, 3.8) is 0 Å². The topological polar surface area (TPSA) is 0 Å². The van der Waals surface area contributed by atoms with Gasteiger partial charge in [-0.15, -0.1) is 0 Å². The van der Waals surface area contributed by atoms with Crippen molar-refractivity contribution >= 4 is 30.1 Å². The molecule has 0 unspecified atom stereocenters. The molecule has 2 heteroatoms. The van der Waals surface area contributed by atoms with Crippen LogP contribution in [0.4, 0.5) is 0 Å². The van der Waals surface area contributed by atoms with E-state index in [-0.39, 0.29) is 3.74 Å². The summed E-state index contributed by atoms with van der Waals surface area (Å²) in [5.41, 5.74) is 1.39. The molecular formula is C20H36SSn. The SMILES string of the molecule is [2H][C@@H](SCc1ccccc1)[Sn]([CH2]CCC)([CH2]CCC)[CH2]CCC. The van der Waals surface area contributed by atoms with E-state index in [1.165, 1.54) is 57.4 Å². The van der Waals surface area contributed by atoms with Gasteiger partial charge in [0, 0.05) is 0 Å². The third-order valence-electron chi connectivity index (χ3n) is 4.51. The summed E-state index contributed by atoms with van der Waals surface area (Å²) in [6.45, 7) is 6.94. The molecule has 0 saturated carbocycles. The molecule has 1 aromatic rings.